The zero-order chi connectivity index (χ0) is 9.53. The Morgan fingerprint density at radius 2 is 2.15 bits per heavy atom. The van der Waals surface area contributed by atoms with Gasteiger partial charge in [0.2, 0.25) is 0 Å². The molecule has 0 amide bonds. The quantitative estimate of drug-likeness (QED) is 0.720. The molecule has 1 N–H and O–H groups in total. The summed E-state index contributed by atoms with van der Waals surface area (Å²) < 4.78 is 5.31. The van der Waals surface area contributed by atoms with Crippen LogP contribution in [0.5, 0.6) is 0 Å². The van der Waals surface area contributed by atoms with E-state index in [0.717, 1.165) is 25.0 Å². The zero-order valence-electron chi connectivity index (χ0n) is 8.21. The van der Waals surface area contributed by atoms with Gasteiger partial charge in [0.1, 0.15) is 11.4 Å². The van der Waals surface area contributed by atoms with Crippen molar-refractivity contribution in [2.75, 3.05) is 0 Å². The second-order valence-corrected chi connectivity index (χ2v) is 4.58. The Kier molecular flexibility index (Phi) is 1.77. The fourth-order valence-corrected chi connectivity index (χ4v) is 2.30. The minimum atomic E-state index is -0.753. The van der Waals surface area contributed by atoms with Crippen molar-refractivity contribution in [3.05, 3.63) is 24.2 Å². The lowest BCUT2D eigenvalue weighted by molar-refractivity contribution is -0.0653. The normalized spacial score (nSPS) is 32.2. The van der Waals surface area contributed by atoms with Gasteiger partial charge in [0, 0.05) is 5.41 Å². The summed E-state index contributed by atoms with van der Waals surface area (Å²) in [6.45, 7) is 4.20. The molecular weight excluding hydrogens is 164 g/mol. The fraction of sp³-hybridized carbons (Fsp3) is 0.636. The van der Waals surface area contributed by atoms with Crippen LogP contribution in [0.25, 0.3) is 0 Å². The summed E-state index contributed by atoms with van der Waals surface area (Å²) in [6, 6.07) is 3.70. The minimum Gasteiger partial charge on any atom is -0.466 e. The van der Waals surface area contributed by atoms with E-state index in [-0.39, 0.29) is 5.41 Å². The molecule has 2 rings (SSSR count). The van der Waals surface area contributed by atoms with Crippen LogP contribution >= 0.6 is 0 Å². The van der Waals surface area contributed by atoms with Crippen molar-refractivity contribution in [1.29, 1.82) is 0 Å². The second-order valence-electron chi connectivity index (χ2n) is 4.58. The molecule has 13 heavy (non-hydrogen) atoms. The summed E-state index contributed by atoms with van der Waals surface area (Å²) in [5.74, 6) is 0.718. The van der Waals surface area contributed by atoms with Crippen LogP contribution < -0.4 is 0 Å². The second kappa shape index (κ2) is 2.61. The molecular formula is C11H16O2. The van der Waals surface area contributed by atoms with Crippen LogP contribution in [0.1, 0.15) is 38.9 Å². The Balaban J connectivity index is 2.40. The van der Waals surface area contributed by atoms with Crippen molar-refractivity contribution in [3.8, 4) is 0 Å². The van der Waals surface area contributed by atoms with Crippen LogP contribution in [0.15, 0.2) is 22.8 Å². The van der Waals surface area contributed by atoms with Crippen LogP contribution in [0, 0.1) is 5.41 Å². The van der Waals surface area contributed by atoms with E-state index in [1.807, 2.05) is 12.1 Å². The first kappa shape index (κ1) is 8.82. The van der Waals surface area contributed by atoms with Gasteiger partial charge in [-0.3, -0.25) is 0 Å². The molecule has 0 aliphatic heterocycles. The third-order valence-electron chi connectivity index (χ3n) is 3.39. The van der Waals surface area contributed by atoms with E-state index in [4.69, 9.17) is 4.42 Å². The molecule has 1 fully saturated rings. The summed E-state index contributed by atoms with van der Waals surface area (Å²) in [6.07, 6.45) is 4.57. The summed E-state index contributed by atoms with van der Waals surface area (Å²) in [4.78, 5) is 0. The van der Waals surface area contributed by atoms with Crippen molar-refractivity contribution >= 4 is 0 Å². The Hall–Kier alpha value is -0.760. The predicted molar refractivity (Wildman–Crippen MR) is 50.2 cm³/mol. The molecule has 1 aliphatic carbocycles. The Morgan fingerprint density at radius 3 is 2.62 bits per heavy atom. The molecule has 1 saturated carbocycles. The molecule has 0 aromatic carbocycles. The maximum atomic E-state index is 10.5. The number of hydrogen-bond acceptors (Lipinski definition) is 2. The van der Waals surface area contributed by atoms with Crippen LogP contribution in [-0.2, 0) is 5.60 Å². The first-order valence-electron chi connectivity index (χ1n) is 4.83. The van der Waals surface area contributed by atoms with Gasteiger partial charge in [-0.1, -0.05) is 13.8 Å². The van der Waals surface area contributed by atoms with E-state index < -0.39 is 5.60 Å². The van der Waals surface area contributed by atoms with E-state index in [2.05, 4.69) is 13.8 Å². The van der Waals surface area contributed by atoms with E-state index >= 15 is 0 Å². The molecule has 0 radical (unpaired) electrons. The monoisotopic (exact) mass is 180 g/mol. The molecule has 1 heterocycles. The summed E-state index contributed by atoms with van der Waals surface area (Å²) in [7, 11) is 0. The molecule has 2 heteroatoms. The molecule has 0 saturated heterocycles. The van der Waals surface area contributed by atoms with Gasteiger partial charge in [-0.25, -0.2) is 0 Å². The predicted octanol–water partition coefficient (Wildman–Crippen LogP) is 2.68. The largest absolute Gasteiger partial charge is 0.466 e. The van der Waals surface area contributed by atoms with Gasteiger partial charge in [0.05, 0.1) is 6.26 Å². The Morgan fingerprint density at radius 1 is 1.38 bits per heavy atom. The third kappa shape index (κ3) is 1.12. The summed E-state index contributed by atoms with van der Waals surface area (Å²) in [5.41, 5.74) is -0.818. The smallest absolute Gasteiger partial charge is 0.135 e. The van der Waals surface area contributed by atoms with Crippen LogP contribution in [-0.4, -0.2) is 5.11 Å². The van der Waals surface area contributed by atoms with Gasteiger partial charge >= 0.3 is 0 Å². The molecule has 1 unspecified atom stereocenters. The number of furan rings is 1. The highest BCUT2D eigenvalue weighted by Gasteiger charge is 2.50. The lowest BCUT2D eigenvalue weighted by Gasteiger charge is -2.34. The van der Waals surface area contributed by atoms with Gasteiger partial charge in [-0.15, -0.1) is 0 Å². The van der Waals surface area contributed by atoms with Crippen LogP contribution in [0.4, 0.5) is 0 Å². The Bertz CT molecular complexity index is 287. The van der Waals surface area contributed by atoms with Gasteiger partial charge in [0.15, 0.2) is 0 Å². The maximum Gasteiger partial charge on any atom is 0.135 e. The molecule has 1 aromatic rings. The SMILES string of the molecule is CC1(C)CCCC1(O)c1ccco1. The molecule has 0 spiro atoms. The summed E-state index contributed by atoms with van der Waals surface area (Å²) in [5, 5.41) is 10.5. The molecule has 1 atom stereocenters. The molecule has 0 bridgehead atoms. The van der Waals surface area contributed by atoms with Gasteiger partial charge in [0.25, 0.3) is 0 Å². The van der Waals surface area contributed by atoms with Crippen molar-refractivity contribution in [1.82, 2.24) is 0 Å². The minimum absolute atomic E-state index is 0.0646. The molecule has 72 valence electrons. The standard InChI is InChI=1S/C11H16O2/c1-10(2)6-4-7-11(10,12)9-5-3-8-13-9/h3,5,8,12H,4,6-7H2,1-2H3. The summed E-state index contributed by atoms with van der Waals surface area (Å²) >= 11 is 0. The Labute approximate surface area is 78.6 Å². The van der Waals surface area contributed by atoms with Crippen LogP contribution in [0.2, 0.25) is 0 Å². The molecule has 1 aliphatic rings. The van der Waals surface area contributed by atoms with Gasteiger partial charge in [-0.2, -0.15) is 0 Å². The van der Waals surface area contributed by atoms with E-state index in [1.165, 1.54) is 0 Å². The average molecular weight is 180 g/mol. The number of hydrogen-bond donors (Lipinski definition) is 1. The number of aliphatic hydroxyl groups is 1. The highest BCUT2D eigenvalue weighted by molar-refractivity contribution is 5.16. The maximum absolute atomic E-state index is 10.5. The highest BCUT2D eigenvalue weighted by atomic mass is 16.4. The lowest BCUT2D eigenvalue weighted by atomic mass is 9.76. The van der Waals surface area contributed by atoms with Crippen molar-refractivity contribution in [2.45, 2.75) is 38.7 Å². The van der Waals surface area contributed by atoms with E-state index in [1.54, 1.807) is 6.26 Å². The average Bonchev–Trinajstić information content (AvgIpc) is 2.61. The third-order valence-corrected chi connectivity index (χ3v) is 3.39. The van der Waals surface area contributed by atoms with Crippen molar-refractivity contribution < 1.29 is 9.52 Å². The van der Waals surface area contributed by atoms with E-state index in [9.17, 15) is 5.11 Å². The van der Waals surface area contributed by atoms with Crippen molar-refractivity contribution in [2.24, 2.45) is 5.41 Å². The van der Waals surface area contributed by atoms with E-state index in [0.29, 0.717) is 0 Å². The lowest BCUT2D eigenvalue weighted by Crippen LogP contribution is -2.36. The number of rotatable bonds is 1. The van der Waals surface area contributed by atoms with Crippen LogP contribution in [0.3, 0.4) is 0 Å². The highest BCUT2D eigenvalue weighted by Crippen LogP contribution is 2.52. The molecule has 2 nitrogen and oxygen atoms in total. The zero-order valence-corrected chi connectivity index (χ0v) is 8.21. The molecule has 1 aromatic heterocycles. The fourth-order valence-electron chi connectivity index (χ4n) is 2.30. The van der Waals surface area contributed by atoms with Gasteiger partial charge in [-0.05, 0) is 31.4 Å². The first-order chi connectivity index (χ1) is 6.06. The first-order valence-corrected chi connectivity index (χ1v) is 4.83. The van der Waals surface area contributed by atoms with Gasteiger partial charge < -0.3 is 9.52 Å². The van der Waals surface area contributed by atoms with Crippen molar-refractivity contribution in [3.63, 3.8) is 0 Å². The topological polar surface area (TPSA) is 33.4 Å².